The van der Waals surface area contributed by atoms with Crippen LogP contribution in [0.5, 0.6) is 0 Å². The van der Waals surface area contributed by atoms with Gasteiger partial charge in [-0.05, 0) is 163 Å². The van der Waals surface area contributed by atoms with Gasteiger partial charge in [0.1, 0.15) is 0 Å². The highest BCUT2D eigenvalue weighted by Gasteiger charge is 2.51. The molecule has 12 aromatic carbocycles. The first-order chi connectivity index (χ1) is 38.4. The fraction of sp³-hybridized carbons (Fsp3) is 0.0141. The maximum atomic E-state index is 9.87. The van der Waals surface area contributed by atoms with Gasteiger partial charge in [-0.25, -0.2) is 0 Å². The van der Waals surface area contributed by atoms with E-state index in [4.69, 9.17) is 0 Å². The summed E-state index contributed by atoms with van der Waals surface area (Å²) >= 11 is 0. The van der Waals surface area contributed by atoms with Crippen LogP contribution < -0.4 is 9.80 Å². The first-order valence-electron chi connectivity index (χ1n) is 27.3. The molecular formula is C71H47N3. The van der Waals surface area contributed by atoms with Crippen LogP contribution >= 0.6 is 0 Å². The number of fused-ring (bicyclic) bond motifs is 14. The van der Waals surface area contributed by atoms with E-state index in [1.807, 2.05) is 65.6 Å². The van der Waals surface area contributed by atoms with Gasteiger partial charge in [0.05, 0.1) is 21.9 Å². The highest BCUT2D eigenvalue weighted by atomic mass is 15.1. The summed E-state index contributed by atoms with van der Waals surface area (Å²) in [5.74, 6) is 0. The predicted octanol–water partition coefficient (Wildman–Crippen LogP) is 18.9. The molecule has 3 heteroatoms. The molecule has 1 spiro atoms. The molecule has 3 nitrogen and oxygen atoms in total. The molecule has 0 saturated carbocycles. The zero-order valence-electron chi connectivity index (χ0n) is 44.2. The fourth-order valence-corrected chi connectivity index (χ4v) is 12.3. The van der Waals surface area contributed by atoms with Crippen LogP contribution in [0.15, 0.2) is 285 Å². The molecule has 0 saturated heterocycles. The second kappa shape index (κ2) is 16.7. The van der Waals surface area contributed by atoms with Crippen molar-refractivity contribution in [3.8, 4) is 39.1 Å². The maximum Gasteiger partial charge on any atom is 0.0726 e. The van der Waals surface area contributed by atoms with Crippen LogP contribution in [0.4, 0.5) is 34.1 Å². The van der Waals surface area contributed by atoms with Gasteiger partial charge >= 0.3 is 0 Å². The summed E-state index contributed by atoms with van der Waals surface area (Å²) in [5.41, 5.74) is 17.8. The molecule has 0 aliphatic heterocycles. The van der Waals surface area contributed by atoms with Crippen molar-refractivity contribution < 1.29 is 5.48 Å². The summed E-state index contributed by atoms with van der Waals surface area (Å²) in [6, 6.07) is 90.4. The van der Waals surface area contributed by atoms with Crippen LogP contribution in [0.3, 0.4) is 0 Å². The third-order valence-corrected chi connectivity index (χ3v) is 15.4. The summed E-state index contributed by atoms with van der Waals surface area (Å²) in [4.78, 5) is 4.19. The van der Waals surface area contributed by atoms with Gasteiger partial charge in [-0.3, -0.25) is 0 Å². The molecule has 0 amide bonds. The number of nitrogens with zero attached hydrogens (tertiary/aromatic N) is 3. The molecule has 13 aromatic rings. The zero-order chi connectivity index (χ0) is 52.2. The van der Waals surface area contributed by atoms with Crippen LogP contribution in [0, 0.1) is 0 Å². The standard InChI is InChI=1S/C71H47N3/c1-4-18-52(19-5-1)72(57-40-42-62-61-26-12-16-30-67(61)71(68(62)46-57)65-28-14-10-24-59(65)60-25-11-15-29-66(60)71)55-37-34-48(35-38-55)49-32-33-51-45-56(39-36-50(51)44-49)73(53-20-6-2-7-21-53)58-41-43-64-63-27-13-17-31-69(63)74(70(64)47-58)54-22-8-3-9-23-54/h1-47H/i34D,35D,37D,38D. The minimum atomic E-state index is -0.605. The van der Waals surface area contributed by atoms with Crippen molar-refractivity contribution in [1.29, 1.82) is 0 Å². The Hall–Kier alpha value is -9.70. The first kappa shape index (κ1) is 38.0. The minimum Gasteiger partial charge on any atom is -0.310 e. The molecule has 0 bridgehead atoms. The summed E-state index contributed by atoms with van der Waals surface area (Å²) in [6.45, 7) is 0. The normalized spacial score (nSPS) is 13.5. The molecule has 0 atom stereocenters. The quantitative estimate of drug-likeness (QED) is 0.150. The molecule has 0 unspecified atom stereocenters. The third-order valence-electron chi connectivity index (χ3n) is 15.4. The molecule has 1 heterocycles. The van der Waals surface area contributed by atoms with Crippen LogP contribution in [0.1, 0.15) is 27.7 Å². The second-order valence-electron chi connectivity index (χ2n) is 19.3. The molecule has 15 rings (SSSR count). The zero-order valence-corrected chi connectivity index (χ0v) is 40.2. The molecule has 1 aromatic heterocycles. The van der Waals surface area contributed by atoms with E-state index in [2.05, 4.69) is 210 Å². The van der Waals surface area contributed by atoms with Crippen molar-refractivity contribution in [2.75, 3.05) is 9.80 Å². The highest BCUT2D eigenvalue weighted by Crippen LogP contribution is 2.63. The number of anilines is 6. The van der Waals surface area contributed by atoms with Gasteiger partial charge in [0.25, 0.3) is 0 Å². The van der Waals surface area contributed by atoms with E-state index in [0.717, 1.165) is 67.1 Å². The topological polar surface area (TPSA) is 11.4 Å². The fourth-order valence-electron chi connectivity index (χ4n) is 12.3. The van der Waals surface area contributed by atoms with E-state index in [1.54, 1.807) is 0 Å². The molecule has 0 radical (unpaired) electrons. The van der Waals surface area contributed by atoms with Gasteiger partial charge in [-0.1, -0.05) is 188 Å². The van der Waals surface area contributed by atoms with Gasteiger partial charge in [0.15, 0.2) is 0 Å². The highest BCUT2D eigenvalue weighted by molar-refractivity contribution is 6.10. The Morgan fingerprint density at radius 3 is 1.43 bits per heavy atom. The Kier molecular flexibility index (Phi) is 8.58. The van der Waals surface area contributed by atoms with Crippen molar-refractivity contribution in [2.24, 2.45) is 0 Å². The van der Waals surface area contributed by atoms with E-state index in [9.17, 15) is 5.48 Å². The summed E-state index contributed by atoms with van der Waals surface area (Å²) in [7, 11) is 0. The van der Waals surface area contributed by atoms with Gasteiger partial charge in [0, 0.05) is 50.6 Å². The van der Waals surface area contributed by atoms with Crippen molar-refractivity contribution in [1.82, 2.24) is 4.57 Å². The van der Waals surface area contributed by atoms with Gasteiger partial charge in [0.2, 0.25) is 0 Å². The Morgan fingerprint density at radius 1 is 0.297 bits per heavy atom. The van der Waals surface area contributed by atoms with E-state index < -0.39 is 5.41 Å². The van der Waals surface area contributed by atoms with Crippen LogP contribution in [0.25, 0.3) is 71.6 Å². The van der Waals surface area contributed by atoms with E-state index in [1.165, 1.54) is 44.2 Å². The summed E-state index contributed by atoms with van der Waals surface area (Å²) < 4.78 is 41.6. The Balaban J connectivity index is 0.843. The minimum absolute atomic E-state index is 0.106. The van der Waals surface area contributed by atoms with Gasteiger partial charge in [-0.15, -0.1) is 0 Å². The molecule has 74 heavy (non-hydrogen) atoms. The van der Waals surface area contributed by atoms with Crippen molar-refractivity contribution in [3.63, 3.8) is 0 Å². The predicted molar refractivity (Wildman–Crippen MR) is 309 cm³/mol. The number of hydrogen-bond donors (Lipinski definition) is 0. The SMILES string of the molecule is [2H]c1c([2H])c(N(c2ccccc2)c2ccc3c(c2)C2(c4ccccc4-c4ccccc42)c2ccccc2-3)c([2H])c([2H])c1-c1ccc2cc(N(c3ccccc3)c3ccc4c5ccccc5n(-c5ccccc5)c4c3)ccc2c1. The van der Waals surface area contributed by atoms with Crippen LogP contribution in [-0.2, 0) is 5.41 Å². The van der Waals surface area contributed by atoms with E-state index >= 15 is 0 Å². The Morgan fingerprint density at radius 2 is 0.770 bits per heavy atom. The number of rotatable bonds is 8. The lowest BCUT2D eigenvalue weighted by molar-refractivity contribution is 0.793. The maximum absolute atomic E-state index is 9.87. The first-order valence-corrected chi connectivity index (χ1v) is 25.3. The van der Waals surface area contributed by atoms with Crippen molar-refractivity contribution in [2.45, 2.75) is 5.41 Å². The van der Waals surface area contributed by atoms with E-state index in [-0.39, 0.29) is 35.4 Å². The van der Waals surface area contributed by atoms with Gasteiger partial charge in [-0.2, -0.15) is 0 Å². The monoisotopic (exact) mass is 945 g/mol. The number of hydrogen-bond acceptors (Lipinski definition) is 2. The lowest BCUT2D eigenvalue weighted by atomic mass is 9.70. The Bertz CT molecular complexity index is 4480. The average Bonchev–Trinajstić information content (AvgIpc) is 4.30. The number of aromatic nitrogens is 1. The molecule has 2 aliphatic rings. The lowest BCUT2D eigenvalue weighted by Crippen LogP contribution is -2.26. The molecular weight excluding hydrogens is 895 g/mol. The van der Waals surface area contributed by atoms with Crippen LogP contribution in [-0.4, -0.2) is 4.57 Å². The summed E-state index contributed by atoms with van der Waals surface area (Å²) in [5, 5.41) is 4.26. The number of para-hydroxylation sites is 4. The molecule has 346 valence electrons. The van der Waals surface area contributed by atoms with Crippen molar-refractivity contribution in [3.05, 3.63) is 307 Å². The lowest BCUT2D eigenvalue weighted by Gasteiger charge is -2.32. The average molecular weight is 946 g/mol. The van der Waals surface area contributed by atoms with Crippen LogP contribution in [0.2, 0.25) is 0 Å². The van der Waals surface area contributed by atoms with E-state index in [0.29, 0.717) is 5.56 Å². The smallest absolute Gasteiger partial charge is 0.0726 e. The number of benzene rings is 12. The molecule has 0 fully saturated rings. The van der Waals surface area contributed by atoms with Crippen molar-refractivity contribution >= 4 is 66.7 Å². The summed E-state index contributed by atoms with van der Waals surface area (Å²) in [6.07, 6.45) is 0. The largest absolute Gasteiger partial charge is 0.310 e. The van der Waals surface area contributed by atoms with Gasteiger partial charge < -0.3 is 14.4 Å². The molecule has 2 aliphatic carbocycles. The second-order valence-corrected chi connectivity index (χ2v) is 19.3. The third kappa shape index (κ3) is 6.33. The molecule has 0 N–H and O–H groups in total. The Labute approximate surface area is 436 Å².